The molecular formula is C12H12Cl3N. The number of anilines is 1. The lowest BCUT2D eigenvalue weighted by atomic mass is 9.84. The molecule has 4 heteroatoms. The molecule has 1 aliphatic rings. The first-order valence-corrected chi connectivity index (χ1v) is 6.03. The zero-order chi connectivity index (χ0) is 12.2. The Morgan fingerprint density at radius 3 is 2.31 bits per heavy atom. The third-order valence-electron chi connectivity index (χ3n) is 3.23. The summed E-state index contributed by atoms with van der Waals surface area (Å²) in [5, 5.41) is 1.66. The highest BCUT2D eigenvalue weighted by molar-refractivity contribution is 6.45. The molecule has 0 amide bonds. The van der Waals surface area contributed by atoms with Crippen LogP contribution in [0.1, 0.15) is 19.4 Å². The fourth-order valence-corrected chi connectivity index (χ4v) is 3.15. The summed E-state index contributed by atoms with van der Waals surface area (Å²) in [6.07, 6.45) is 0. The monoisotopic (exact) mass is 275 g/mol. The van der Waals surface area contributed by atoms with Gasteiger partial charge in [0.1, 0.15) is 0 Å². The van der Waals surface area contributed by atoms with Crippen LogP contribution in [0.15, 0.2) is 18.3 Å². The molecule has 0 fully saturated rings. The molecule has 0 unspecified atom stereocenters. The van der Waals surface area contributed by atoms with E-state index < -0.39 is 0 Å². The number of rotatable bonds is 0. The van der Waals surface area contributed by atoms with Crippen molar-refractivity contribution < 1.29 is 0 Å². The van der Waals surface area contributed by atoms with E-state index in [1.54, 1.807) is 6.07 Å². The van der Waals surface area contributed by atoms with Gasteiger partial charge >= 0.3 is 0 Å². The van der Waals surface area contributed by atoms with Gasteiger partial charge in [0.05, 0.1) is 20.8 Å². The van der Waals surface area contributed by atoms with Crippen molar-refractivity contribution in [2.45, 2.75) is 19.3 Å². The maximum absolute atomic E-state index is 6.27. The Morgan fingerprint density at radius 2 is 1.75 bits per heavy atom. The van der Waals surface area contributed by atoms with Gasteiger partial charge in [-0.3, -0.25) is 0 Å². The molecule has 0 N–H and O–H groups in total. The molecule has 0 atom stereocenters. The van der Waals surface area contributed by atoms with Crippen molar-refractivity contribution >= 4 is 40.5 Å². The Kier molecular flexibility index (Phi) is 2.69. The van der Waals surface area contributed by atoms with Crippen LogP contribution in [0.3, 0.4) is 0 Å². The van der Waals surface area contributed by atoms with E-state index >= 15 is 0 Å². The molecule has 1 aromatic carbocycles. The van der Waals surface area contributed by atoms with Gasteiger partial charge in [-0.15, -0.1) is 0 Å². The smallest absolute Gasteiger partial charge is 0.0661 e. The molecular weight excluding hydrogens is 264 g/mol. The fraction of sp³-hybridized carbons (Fsp3) is 0.333. The van der Waals surface area contributed by atoms with Crippen molar-refractivity contribution in [1.29, 1.82) is 0 Å². The summed E-state index contributed by atoms with van der Waals surface area (Å²) in [5.41, 5.74) is 2.59. The van der Waals surface area contributed by atoms with E-state index in [0.717, 1.165) is 16.9 Å². The van der Waals surface area contributed by atoms with Crippen LogP contribution < -0.4 is 4.90 Å². The van der Waals surface area contributed by atoms with Gasteiger partial charge in [0.15, 0.2) is 0 Å². The maximum atomic E-state index is 6.27. The van der Waals surface area contributed by atoms with Gasteiger partial charge in [-0.2, -0.15) is 0 Å². The second kappa shape index (κ2) is 3.56. The van der Waals surface area contributed by atoms with E-state index in [4.69, 9.17) is 34.8 Å². The Bertz CT molecular complexity index is 492. The molecule has 2 rings (SSSR count). The average molecular weight is 277 g/mol. The number of nitrogens with zero attached hydrogens (tertiary/aromatic N) is 1. The number of fused-ring (bicyclic) bond motifs is 1. The molecule has 0 spiro atoms. The lowest BCUT2D eigenvalue weighted by molar-refractivity contribution is 0.643. The van der Waals surface area contributed by atoms with Gasteiger partial charge in [-0.25, -0.2) is 0 Å². The number of hydrogen-bond donors (Lipinski definition) is 0. The van der Waals surface area contributed by atoms with E-state index in [9.17, 15) is 0 Å². The first kappa shape index (κ1) is 12.1. The molecule has 1 heterocycles. The second-order valence-corrected chi connectivity index (χ2v) is 5.70. The highest BCUT2D eigenvalue weighted by Crippen LogP contribution is 2.53. The lowest BCUT2D eigenvalue weighted by Gasteiger charge is -2.22. The standard InChI is InChI=1S/C12H12Cl3N/c1-6-12(2,3)9-10(15)7(13)5-8(14)11(9)16(6)4/h5H,1H2,2-4H3. The normalized spacial score (nSPS) is 17.9. The van der Waals surface area contributed by atoms with Crippen LogP contribution in [0.25, 0.3) is 0 Å². The number of halogens is 3. The number of hydrogen-bond acceptors (Lipinski definition) is 1. The SMILES string of the molecule is C=C1N(C)c2c(Cl)cc(Cl)c(Cl)c2C1(C)C. The predicted octanol–water partition coefficient (Wildman–Crippen LogP) is 4.89. The zero-order valence-electron chi connectivity index (χ0n) is 9.37. The minimum Gasteiger partial charge on any atom is -0.346 e. The third-order valence-corrected chi connectivity index (χ3v) is 4.31. The molecule has 0 aliphatic carbocycles. The minimum absolute atomic E-state index is 0.240. The van der Waals surface area contributed by atoms with Gasteiger partial charge in [0.25, 0.3) is 0 Å². The van der Waals surface area contributed by atoms with Crippen LogP contribution in [0.4, 0.5) is 5.69 Å². The quantitative estimate of drug-likeness (QED) is 0.610. The molecule has 0 saturated carbocycles. The summed E-state index contributed by atoms with van der Waals surface area (Å²) >= 11 is 18.5. The van der Waals surface area contributed by atoms with E-state index in [-0.39, 0.29) is 5.41 Å². The Hall–Kier alpha value is -0.370. The van der Waals surface area contributed by atoms with Crippen molar-refractivity contribution in [2.24, 2.45) is 0 Å². The van der Waals surface area contributed by atoms with Gasteiger partial charge in [-0.1, -0.05) is 55.2 Å². The zero-order valence-corrected chi connectivity index (χ0v) is 11.6. The molecule has 86 valence electrons. The summed E-state index contributed by atoms with van der Waals surface area (Å²) in [6, 6.07) is 1.68. The average Bonchev–Trinajstić information content (AvgIpc) is 2.36. The summed E-state index contributed by atoms with van der Waals surface area (Å²) in [5.74, 6) is 0. The van der Waals surface area contributed by atoms with E-state index in [1.807, 2.05) is 11.9 Å². The van der Waals surface area contributed by atoms with Gasteiger partial charge in [0.2, 0.25) is 0 Å². The van der Waals surface area contributed by atoms with E-state index in [2.05, 4.69) is 20.4 Å². The van der Waals surface area contributed by atoms with Crippen LogP contribution in [-0.4, -0.2) is 7.05 Å². The first-order valence-electron chi connectivity index (χ1n) is 4.89. The molecule has 0 aromatic heterocycles. The number of allylic oxidation sites excluding steroid dienone is 1. The summed E-state index contributed by atoms with van der Waals surface area (Å²) in [4.78, 5) is 1.97. The molecule has 1 aliphatic heterocycles. The number of likely N-dealkylation sites (N-methyl/N-ethyl adjacent to an activating group) is 1. The molecule has 0 saturated heterocycles. The van der Waals surface area contributed by atoms with Gasteiger partial charge in [-0.05, 0) is 6.07 Å². The van der Waals surface area contributed by atoms with Crippen LogP contribution >= 0.6 is 34.8 Å². The highest BCUT2D eigenvalue weighted by Gasteiger charge is 2.41. The largest absolute Gasteiger partial charge is 0.346 e. The fourth-order valence-electron chi connectivity index (χ4n) is 2.18. The Morgan fingerprint density at radius 1 is 1.19 bits per heavy atom. The van der Waals surface area contributed by atoms with Crippen molar-refractivity contribution in [3.63, 3.8) is 0 Å². The maximum Gasteiger partial charge on any atom is 0.0661 e. The topological polar surface area (TPSA) is 3.24 Å². The highest BCUT2D eigenvalue weighted by atomic mass is 35.5. The van der Waals surface area contributed by atoms with Crippen molar-refractivity contribution in [3.8, 4) is 0 Å². The lowest BCUT2D eigenvalue weighted by Crippen LogP contribution is -2.21. The molecule has 1 aromatic rings. The minimum atomic E-state index is -0.240. The van der Waals surface area contributed by atoms with Crippen molar-refractivity contribution in [2.75, 3.05) is 11.9 Å². The van der Waals surface area contributed by atoms with E-state index in [0.29, 0.717) is 15.1 Å². The first-order chi connectivity index (χ1) is 7.28. The Balaban J connectivity index is 2.87. The van der Waals surface area contributed by atoms with Crippen LogP contribution in [-0.2, 0) is 5.41 Å². The van der Waals surface area contributed by atoms with Crippen LogP contribution in [0.2, 0.25) is 15.1 Å². The summed E-state index contributed by atoms with van der Waals surface area (Å²) < 4.78 is 0. The third kappa shape index (κ3) is 1.38. The second-order valence-electron chi connectivity index (χ2n) is 4.51. The van der Waals surface area contributed by atoms with Crippen molar-refractivity contribution in [3.05, 3.63) is 39.0 Å². The Labute approximate surface area is 111 Å². The molecule has 16 heavy (non-hydrogen) atoms. The van der Waals surface area contributed by atoms with Crippen LogP contribution in [0, 0.1) is 0 Å². The molecule has 0 bridgehead atoms. The van der Waals surface area contributed by atoms with Gasteiger partial charge < -0.3 is 4.90 Å². The molecule has 1 nitrogen and oxygen atoms in total. The predicted molar refractivity (Wildman–Crippen MR) is 72.0 cm³/mol. The van der Waals surface area contributed by atoms with E-state index in [1.165, 1.54) is 0 Å². The van der Waals surface area contributed by atoms with Gasteiger partial charge in [0, 0.05) is 23.7 Å². The summed E-state index contributed by atoms with van der Waals surface area (Å²) in [6.45, 7) is 8.21. The summed E-state index contributed by atoms with van der Waals surface area (Å²) in [7, 11) is 1.94. The van der Waals surface area contributed by atoms with Crippen molar-refractivity contribution in [1.82, 2.24) is 0 Å². The van der Waals surface area contributed by atoms with Crippen LogP contribution in [0.5, 0.6) is 0 Å². The number of benzene rings is 1. The molecule has 0 radical (unpaired) electrons.